The van der Waals surface area contributed by atoms with Gasteiger partial charge in [-0.3, -0.25) is 4.79 Å². The van der Waals surface area contributed by atoms with Crippen LogP contribution in [-0.4, -0.2) is 31.1 Å². The quantitative estimate of drug-likeness (QED) is 0.577. The van der Waals surface area contributed by atoms with Crippen LogP contribution in [0.4, 0.5) is 5.69 Å². The number of anilines is 1. The van der Waals surface area contributed by atoms with Crippen molar-refractivity contribution in [2.24, 2.45) is 0 Å². The van der Waals surface area contributed by atoms with Crippen LogP contribution in [0, 0.1) is 6.92 Å². The lowest BCUT2D eigenvalue weighted by Crippen LogP contribution is -2.22. The van der Waals surface area contributed by atoms with Crippen LogP contribution >= 0.6 is 0 Å². The number of nitrogens with one attached hydrogen (secondary N) is 2. The number of amides is 1. The van der Waals surface area contributed by atoms with Gasteiger partial charge in [-0.1, -0.05) is 25.1 Å². The van der Waals surface area contributed by atoms with E-state index in [9.17, 15) is 13.2 Å². The van der Waals surface area contributed by atoms with Crippen LogP contribution < -0.4 is 10.0 Å². The first-order valence-electron chi connectivity index (χ1n) is 8.85. The molecule has 1 heterocycles. The summed E-state index contributed by atoms with van der Waals surface area (Å²) in [5.41, 5.74) is 2.91. The highest BCUT2D eigenvalue weighted by molar-refractivity contribution is 7.89. The number of nitrogens with zero attached hydrogens (tertiary/aromatic N) is 2. The number of rotatable bonds is 7. The van der Waals surface area contributed by atoms with Crippen molar-refractivity contribution in [2.75, 3.05) is 11.9 Å². The predicted octanol–water partition coefficient (Wildman–Crippen LogP) is 3.00. The Bertz CT molecular complexity index is 1120. The average molecular weight is 412 g/mol. The maximum Gasteiger partial charge on any atom is 0.248 e. The number of aryl methyl sites for hydroxylation is 1. The second-order valence-electron chi connectivity index (χ2n) is 6.17. The fourth-order valence-electron chi connectivity index (χ4n) is 2.57. The van der Waals surface area contributed by atoms with Crippen molar-refractivity contribution in [3.63, 3.8) is 0 Å². The van der Waals surface area contributed by atoms with E-state index in [-0.39, 0.29) is 10.8 Å². The number of hydrogen-bond acceptors (Lipinski definition) is 6. The van der Waals surface area contributed by atoms with E-state index >= 15 is 0 Å². The van der Waals surface area contributed by atoms with E-state index in [1.165, 1.54) is 24.6 Å². The zero-order valence-corrected chi connectivity index (χ0v) is 16.7. The Kier molecular flexibility index (Phi) is 6.20. The van der Waals surface area contributed by atoms with E-state index in [1.54, 1.807) is 31.2 Å². The van der Waals surface area contributed by atoms with Crippen LogP contribution in [0.3, 0.4) is 0 Å². The highest BCUT2D eigenvalue weighted by Gasteiger charge is 2.11. The van der Waals surface area contributed by atoms with Crippen molar-refractivity contribution in [1.82, 2.24) is 14.9 Å². The molecule has 0 spiro atoms. The average Bonchev–Trinajstić information content (AvgIpc) is 3.23. The van der Waals surface area contributed by atoms with E-state index < -0.39 is 10.0 Å². The molecular formula is C20H20N4O4S. The largest absolute Gasteiger partial charge is 0.423 e. The van der Waals surface area contributed by atoms with E-state index in [0.29, 0.717) is 29.2 Å². The Morgan fingerprint density at radius 3 is 2.59 bits per heavy atom. The first-order chi connectivity index (χ1) is 13.9. The van der Waals surface area contributed by atoms with Gasteiger partial charge in [0.15, 0.2) is 0 Å². The zero-order valence-electron chi connectivity index (χ0n) is 15.9. The molecule has 9 heteroatoms. The summed E-state index contributed by atoms with van der Waals surface area (Å²) in [5, 5.41) is 10.3. The summed E-state index contributed by atoms with van der Waals surface area (Å²) in [4.78, 5) is 12.5. The van der Waals surface area contributed by atoms with Crippen molar-refractivity contribution in [3.05, 3.63) is 66.1 Å². The van der Waals surface area contributed by atoms with Crippen LogP contribution in [0.2, 0.25) is 0 Å². The molecule has 29 heavy (non-hydrogen) atoms. The lowest BCUT2D eigenvalue weighted by Gasteiger charge is -2.08. The molecule has 1 aromatic heterocycles. The minimum absolute atomic E-state index is 0.175. The van der Waals surface area contributed by atoms with Gasteiger partial charge in [-0.15, -0.1) is 10.2 Å². The molecule has 0 saturated carbocycles. The van der Waals surface area contributed by atoms with Gasteiger partial charge in [-0.2, -0.15) is 0 Å². The molecule has 150 valence electrons. The summed E-state index contributed by atoms with van der Waals surface area (Å²) in [6.45, 7) is 3.91. The third kappa shape index (κ3) is 5.15. The fraction of sp³-hybridized carbons (Fsp3) is 0.150. The van der Waals surface area contributed by atoms with Crippen LogP contribution in [0.25, 0.3) is 17.5 Å². The molecule has 0 aliphatic rings. The van der Waals surface area contributed by atoms with Crippen LogP contribution in [0.5, 0.6) is 0 Å². The molecule has 0 fully saturated rings. The maximum absolute atomic E-state index is 12.3. The molecule has 2 N–H and O–H groups in total. The molecule has 0 saturated heterocycles. The molecule has 0 aliphatic heterocycles. The molecule has 0 unspecified atom stereocenters. The Labute approximate surface area is 168 Å². The van der Waals surface area contributed by atoms with E-state index in [4.69, 9.17) is 4.42 Å². The van der Waals surface area contributed by atoms with Crippen molar-refractivity contribution in [2.45, 2.75) is 18.7 Å². The van der Waals surface area contributed by atoms with Gasteiger partial charge in [0.25, 0.3) is 0 Å². The molecule has 0 bridgehead atoms. The number of hydrogen-bond donors (Lipinski definition) is 2. The number of benzene rings is 2. The van der Waals surface area contributed by atoms with E-state index in [2.05, 4.69) is 20.2 Å². The summed E-state index contributed by atoms with van der Waals surface area (Å²) >= 11 is 0. The monoisotopic (exact) mass is 412 g/mol. The van der Waals surface area contributed by atoms with Gasteiger partial charge in [0.2, 0.25) is 28.2 Å². The van der Waals surface area contributed by atoms with Gasteiger partial charge >= 0.3 is 0 Å². The van der Waals surface area contributed by atoms with E-state index in [0.717, 1.165) is 5.56 Å². The molecule has 1 amide bonds. The topological polar surface area (TPSA) is 114 Å². The molecule has 2 aromatic carbocycles. The smallest absolute Gasteiger partial charge is 0.248 e. The number of sulfonamides is 1. The SMILES string of the molecule is CCNS(=O)(=O)c1ccc(/C=C/C(=O)Nc2cc(-c3nnco3)ccc2C)cc1. The van der Waals surface area contributed by atoms with E-state index in [1.807, 2.05) is 19.1 Å². The first kappa shape index (κ1) is 20.4. The second kappa shape index (κ2) is 8.80. The fourth-order valence-corrected chi connectivity index (χ4v) is 3.61. The number of carbonyl (C=O) groups is 1. The van der Waals surface area contributed by atoms with Crippen molar-refractivity contribution >= 4 is 27.7 Å². The van der Waals surface area contributed by atoms with Crippen LogP contribution in [0.1, 0.15) is 18.1 Å². The van der Waals surface area contributed by atoms with Gasteiger partial charge in [-0.05, 0) is 48.4 Å². The lowest BCUT2D eigenvalue weighted by molar-refractivity contribution is -0.111. The van der Waals surface area contributed by atoms with Crippen LogP contribution in [-0.2, 0) is 14.8 Å². The molecule has 3 aromatic rings. The Morgan fingerprint density at radius 2 is 1.93 bits per heavy atom. The molecule has 8 nitrogen and oxygen atoms in total. The normalized spacial score (nSPS) is 11.7. The predicted molar refractivity (Wildman–Crippen MR) is 109 cm³/mol. The summed E-state index contributed by atoms with van der Waals surface area (Å²) in [6.07, 6.45) is 4.23. The Morgan fingerprint density at radius 1 is 1.17 bits per heavy atom. The lowest BCUT2D eigenvalue weighted by atomic mass is 10.1. The third-order valence-electron chi connectivity index (χ3n) is 4.05. The van der Waals surface area contributed by atoms with Gasteiger partial charge < -0.3 is 9.73 Å². The van der Waals surface area contributed by atoms with Gasteiger partial charge in [0.1, 0.15) is 0 Å². The van der Waals surface area contributed by atoms with Crippen molar-refractivity contribution < 1.29 is 17.6 Å². The van der Waals surface area contributed by atoms with Gasteiger partial charge in [0, 0.05) is 23.9 Å². The highest BCUT2D eigenvalue weighted by Crippen LogP contribution is 2.24. The number of carbonyl (C=O) groups excluding carboxylic acids is 1. The molecule has 0 aliphatic carbocycles. The zero-order chi connectivity index (χ0) is 20.9. The first-order valence-corrected chi connectivity index (χ1v) is 10.3. The summed E-state index contributed by atoms with van der Waals surface area (Å²) in [6, 6.07) is 11.7. The molecule has 0 atom stereocenters. The van der Waals surface area contributed by atoms with Gasteiger partial charge in [-0.25, -0.2) is 13.1 Å². The van der Waals surface area contributed by atoms with Gasteiger partial charge in [0.05, 0.1) is 4.90 Å². The number of aromatic nitrogens is 2. The summed E-state index contributed by atoms with van der Waals surface area (Å²) < 4.78 is 31.5. The molecule has 0 radical (unpaired) electrons. The minimum atomic E-state index is -3.50. The van der Waals surface area contributed by atoms with Crippen LogP contribution in [0.15, 0.2) is 64.2 Å². The minimum Gasteiger partial charge on any atom is -0.423 e. The third-order valence-corrected chi connectivity index (χ3v) is 5.62. The van der Waals surface area contributed by atoms with Crippen molar-refractivity contribution in [1.29, 1.82) is 0 Å². The molecular weight excluding hydrogens is 392 g/mol. The Balaban J connectivity index is 1.69. The Hall–Kier alpha value is -3.30. The standard InChI is InChI=1S/C20H20N4O4S/c1-3-22-29(26,27)17-9-5-15(6-10-17)7-11-19(25)23-18-12-16(8-4-14(18)2)20-24-21-13-28-20/h4-13,22H,3H2,1-2H3,(H,23,25)/b11-7+. The second-order valence-corrected chi connectivity index (χ2v) is 7.93. The maximum atomic E-state index is 12.3. The summed E-state index contributed by atoms with van der Waals surface area (Å²) in [7, 11) is -3.50. The summed E-state index contributed by atoms with van der Waals surface area (Å²) in [5.74, 6) is 0.0452. The molecule has 3 rings (SSSR count). The van der Waals surface area contributed by atoms with Crippen molar-refractivity contribution in [3.8, 4) is 11.5 Å². The highest BCUT2D eigenvalue weighted by atomic mass is 32.2.